The minimum Gasteiger partial charge on any atom is -0.345 e. The smallest absolute Gasteiger partial charge is 0.273 e. The van der Waals surface area contributed by atoms with E-state index in [2.05, 4.69) is 20.8 Å². The van der Waals surface area contributed by atoms with Gasteiger partial charge in [0.1, 0.15) is 5.82 Å². The van der Waals surface area contributed by atoms with Gasteiger partial charge in [0, 0.05) is 28.6 Å². The molecule has 0 aliphatic carbocycles. The van der Waals surface area contributed by atoms with Gasteiger partial charge >= 0.3 is 0 Å². The van der Waals surface area contributed by atoms with E-state index in [0.29, 0.717) is 16.7 Å². The highest BCUT2D eigenvalue weighted by molar-refractivity contribution is 7.99. The Hall–Kier alpha value is -4.58. The van der Waals surface area contributed by atoms with E-state index in [-0.39, 0.29) is 35.0 Å². The summed E-state index contributed by atoms with van der Waals surface area (Å²) in [5.74, 6) is -0.771. The summed E-state index contributed by atoms with van der Waals surface area (Å²) in [5, 5.41) is 25.6. The van der Waals surface area contributed by atoms with Gasteiger partial charge in [0.15, 0.2) is 11.0 Å². The van der Waals surface area contributed by atoms with E-state index in [1.807, 2.05) is 31.2 Å². The van der Waals surface area contributed by atoms with E-state index >= 15 is 0 Å². The molecule has 10 nitrogen and oxygen atoms in total. The molecule has 4 rings (SSSR count). The van der Waals surface area contributed by atoms with Crippen LogP contribution in [0, 0.1) is 29.8 Å². The highest BCUT2D eigenvalue weighted by atomic mass is 32.2. The Morgan fingerprint density at radius 2 is 1.79 bits per heavy atom. The quantitative estimate of drug-likeness (QED) is 0.182. The van der Waals surface area contributed by atoms with Crippen molar-refractivity contribution >= 4 is 35.0 Å². The van der Waals surface area contributed by atoms with Gasteiger partial charge in [0.05, 0.1) is 17.2 Å². The molecule has 38 heavy (non-hydrogen) atoms. The molecule has 0 aliphatic rings. The predicted octanol–water partition coefficient (Wildman–Crippen LogP) is 4.59. The predicted molar refractivity (Wildman–Crippen MR) is 141 cm³/mol. The van der Waals surface area contributed by atoms with Crippen molar-refractivity contribution in [3.8, 4) is 5.69 Å². The number of amides is 2. The maximum Gasteiger partial charge on any atom is 0.273 e. The van der Waals surface area contributed by atoms with Gasteiger partial charge in [-0.15, -0.1) is 10.2 Å². The summed E-state index contributed by atoms with van der Waals surface area (Å²) in [6.07, 6.45) is 0. The molecule has 0 spiro atoms. The molecule has 194 valence electrons. The van der Waals surface area contributed by atoms with Gasteiger partial charge in [-0.05, 0) is 61.9 Å². The maximum atomic E-state index is 13.1. The zero-order chi connectivity index (χ0) is 27.2. The number of carbonyl (C=O) groups excluding carboxylic acids is 2. The van der Waals surface area contributed by atoms with Crippen LogP contribution in [0.2, 0.25) is 0 Å². The maximum absolute atomic E-state index is 13.1. The Morgan fingerprint density at radius 1 is 1.05 bits per heavy atom. The van der Waals surface area contributed by atoms with Crippen LogP contribution in [-0.2, 0) is 11.3 Å². The average Bonchev–Trinajstić information content (AvgIpc) is 3.30. The number of thioether (sulfide) groups is 1. The first-order chi connectivity index (χ1) is 18.2. The lowest BCUT2D eigenvalue weighted by Crippen LogP contribution is -2.25. The Labute approximate surface area is 221 Å². The monoisotopic (exact) mass is 534 g/mol. The normalized spacial score (nSPS) is 10.7. The highest BCUT2D eigenvalue weighted by Crippen LogP contribution is 2.24. The summed E-state index contributed by atoms with van der Waals surface area (Å²) in [6.45, 7) is 3.45. The SMILES string of the molecule is Cc1cccc(-n2c(CNC(=O)c3cccc([N+](=O)[O-])c3C)nnc2SCC(=O)Nc2ccc(F)cc2)c1. The van der Waals surface area contributed by atoms with Gasteiger partial charge in [0.25, 0.3) is 11.6 Å². The number of benzene rings is 3. The standard InChI is InChI=1S/C26H23FN6O4S/c1-16-5-3-6-20(13-16)32-23(14-28-25(35)21-7-4-8-22(17(21)2)33(36)37)30-31-26(32)38-15-24(34)29-19-11-9-18(27)10-12-19/h3-13H,14-15H2,1-2H3,(H,28,35)(H,29,34). The van der Waals surface area contributed by atoms with Gasteiger partial charge in [-0.1, -0.05) is 30.0 Å². The number of hydrogen-bond donors (Lipinski definition) is 2. The first-order valence-corrected chi connectivity index (χ1v) is 12.4. The fraction of sp³-hybridized carbons (Fsp3) is 0.154. The van der Waals surface area contributed by atoms with Crippen molar-refractivity contribution in [3.63, 3.8) is 0 Å². The van der Waals surface area contributed by atoms with Crippen LogP contribution in [0.25, 0.3) is 5.69 Å². The second-order valence-electron chi connectivity index (χ2n) is 8.31. The number of nitro groups is 1. The van der Waals surface area contributed by atoms with Gasteiger partial charge in [-0.25, -0.2) is 4.39 Å². The van der Waals surface area contributed by atoms with E-state index in [1.165, 1.54) is 49.4 Å². The molecule has 0 aliphatic heterocycles. The topological polar surface area (TPSA) is 132 Å². The molecule has 0 unspecified atom stereocenters. The number of aromatic nitrogens is 3. The third-order valence-electron chi connectivity index (χ3n) is 5.57. The van der Waals surface area contributed by atoms with Crippen LogP contribution in [0.1, 0.15) is 27.3 Å². The van der Waals surface area contributed by atoms with Gasteiger partial charge < -0.3 is 10.6 Å². The van der Waals surface area contributed by atoms with E-state index < -0.39 is 16.6 Å². The summed E-state index contributed by atoms with van der Waals surface area (Å²) in [4.78, 5) is 36.0. The van der Waals surface area contributed by atoms with E-state index in [1.54, 1.807) is 4.57 Å². The molecule has 1 aromatic heterocycles. The highest BCUT2D eigenvalue weighted by Gasteiger charge is 2.20. The fourth-order valence-corrected chi connectivity index (χ4v) is 4.49. The number of carbonyl (C=O) groups is 2. The molecular formula is C26H23FN6O4S. The summed E-state index contributed by atoms with van der Waals surface area (Å²) in [5.41, 5.74) is 2.51. The summed E-state index contributed by atoms with van der Waals surface area (Å²) < 4.78 is 14.9. The van der Waals surface area contributed by atoms with E-state index in [0.717, 1.165) is 23.0 Å². The van der Waals surface area contributed by atoms with Crippen molar-refractivity contribution in [1.82, 2.24) is 20.1 Å². The van der Waals surface area contributed by atoms with Crippen molar-refractivity contribution in [2.75, 3.05) is 11.1 Å². The molecule has 1 heterocycles. The third kappa shape index (κ3) is 6.21. The molecule has 0 radical (unpaired) electrons. The van der Waals surface area contributed by atoms with Gasteiger partial charge in [-0.2, -0.15) is 0 Å². The van der Waals surface area contributed by atoms with Crippen LogP contribution in [0.15, 0.2) is 71.9 Å². The summed E-state index contributed by atoms with van der Waals surface area (Å²) in [7, 11) is 0. The molecule has 3 aromatic carbocycles. The van der Waals surface area contributed by atoms with Crippen molar-refractivity contribution in [2.24, 2.45) is 0 Å². The Kier molecular flexibility index (Phi) is 8.12. The number of nitrogens with zero attached hydrogens (tertiary/aromatic N) is 4. The third-order valence-corrected chi connectivity index (χ3v) is 6.50. The van der Waals surface area contributed by atoms with Crippen LogP contribution < -0.4 is 10.6 Å². The molecule has 0 fully saturated rings. The molecule has 0 saturated carbocycles. The fourth-order valence-electron chi connectivity index (χ4n) is 3.72. The van der Waals surface area contributed by atoms with Crippen LogP contribution in [0.4, 0.5) is 15.8 Å². The zero-order valence-corrected chi connectivity index (χ0v) is 21.3. The number of aryl methyl sites for hydroxylation is 1. The van der Waals surface area contributed by atoms with Crippen LogP contribution in [0.5, 0.6) is 0 Å². The zero-order valence-electron chi connectivity index (χ0n) is 20.5. The number of rotatable bonds is 9. The molecule has 2 N–H and O–H groups in total. The van der Waals surface area contributed by atoms with Gasteiger partial charge in [0.2, 0.25) is 5.91 Å². The first-order valence-electron chi connectivity index (χ1n) is 11.4. The molecule has 0 atom stereocenters. The molecule has 2 amide bonds. The molecule has 0 bridgehead atoms. The molecule has 4 aromatic rings. The van der Waals surface area contributed by atoms with Crippen LogP contribution in [0.3, 0.4) is 0 Å². The van der Waals surface area contributed by atoms with Crippen molar-refractivity contribution in [3.05, 3.63) is 105 Å². The molecule has 0 saturated heterocycles. The van der Waals surface area contributed by atoms with Crippen LogP contribution >= 0.6 is 11.8 Å². The Balaban J connectivity index is 1.53. The van der Waals surface area contributed by atoms with E-state index in [9.17, 15) is 24.1 Å². The summed E-state index contributed by atoms with van der Waals surface area (Å²) >= 11 is 1.15. The summed E-state index contributed by atoms with van der Waals surface area (Å²) in [6, 6.07) is 17.4. The lowest BCUT2D eigenvalue weighted by Gasteiger charge is -2.12. The van der Waals surface area contributed by atoms with E-state index in [4.69, 9.17) is 0 Å². The largest absolute Gasteiger partial charge is 0.345 e. The average molecular weight is 535 g/mol. The van der Waals surface area contributed by atoms with Crippen molar-refractivity contribution in [2.45, 2.75) is 25.5 Å². The molecular weight excluding hydrogens is 511 g/mol. The number of nitro benzene ring substituents is 1. The number of hydrogen-bond acceptors (Lipinski definition) is 7. The molecule has 12 heteroatoms. The van der Waals surface area contributed by atoms with Gasteiger partial charge in [-0.3, -0.25) is 24.3 Å². The number of nitrogens with one attached hydrogen (secondary N) is 2. The number of halogens is 1. The second-order valence-corrected chi connectivity index (χ2v) is 9.25. The lowest BCUT2D eigenvalue weighted by molar-refractivity contribution is -0.385. The van der Waals surface area contributed by atoms with Crippen molar-refractivity contribution < 1.29 is 18.9 Å². The van der Waals surface area contributed by atoms with Crippen molar-refractivity contribution in [1.29, 1.82) is 0 Å². The second kappa shape index (κ2) is 11.6. The minimum atomic E-state index is -0.532. The van der Waals surface area contributed by atoms with Crippen LogP contribution in [-0.4, -0.2) is 37.3 Å². The Bertz CT molecular complexity index is 1510. The minimum absolute atomic E-state index is 0.00968. The lowest BCUT2D eigenvalue weighted by atomic mass is 10.1. The Morgan fingerprint density at radius 3 is 2.50 bits per heavy atom. The first kappa shape index (κ1) is 26.5. The number of anilines is 1.